The van der Waals surface area contributed by atoms with Crippen molar-refractivity contribution in [3.05, 3.63) is 12.5 Å². The number of ether oxygens (including phenoxy) is 1. The van der Waals surface area contributed by atoms with Crippen molar-refractivity contribution in [2.24, 2.45) is 7.05 Å². The van der Waals surface area contributed by atoms with Gasteiger partial charge >= 0.3 is 11.9 Å². The Kier molecular flexibility index (Phi) is 5.22. The highest BCUT2D eigenvalue weighted by Gasteiger charge is 2.27. The summed E-state index contributed by atoms with van der Waals surface area (Å²) in [5, 5.41) is 8.68. The predicted molar refractivity (Wildman–Crippen MR) is 66.2 cm³/mol. The average Bonchev–Trinajstić information content (AvgIpc) is 2.81. The van der Waals surface area contributed by atoms with E-state index in [0.29, 0.717) is 0 Å². The number of carbonyl (C=O) groups excluding carboxylic acids is 1. The van der Waals surface area contributed by atoms with Crippen molar-refractivity contribution in [1.82, 2.24) is 14.3 Å². The molecule has 9 nitrogen and oxygen atoms in total. The number of imidazole rings is 1. The minimum Gasteiger partial charge on any atom is -0.480 e. The van der Waals surface area contributed by atoms with Crippen LogP contribution in [0, 0.1) is 0 Å². The summed E-state index contributed by atoms with van der Waals surface area (Å²) in [5.41, 5.74) is 0. The molecular formula is C10H15N3O6S. The summed E-state index contributed by atoms with van der Waals surface area (Å²) in [6, 6.07) is -1.43. The molecule has 0 aliphatic heterocycles. The molecule has 0 bridgehead atoms. The molecule has 0 saturated carbocycles. The number of esters is 1. The Morgan fingerprint density at radius 3 is 2.65 bits per heavy atom. The van der Waals surface area contributed by atoms with Crippen LogP contribution in [0.25, 0.3) is 0 Å². The second-order valence-electron chi connectivity index (χ2n) is 4.00. The Hall–Kier alpha value is -1.94. The zero-order valence-corrected chi connectivity index (χ0v) is 11.8. The van der Waals surface area contributed by atoms with Gasteiger partial charge in [-0.1, -0.05) is 0 Å². The molecule has 20 heavy (non-hydrogen) atoms. The molecule has 1 heterocycles. The van der Waals surface area contributed by atoms with Gasteiger partial charge in [0.05, 0.1) is 13.4 Å². The van der Waals surface area contributed by atoms with Crippen molar-refractivity contribution < 1.29 is 27.9 Å². The molecule has 0 fully saturated rings. The zero-order valence-electron chi connectivity index (χ0n) is 10.9. The lowest BCUT2D eigenvalue weighted by Gasteiger charge is -2.12. The molecule has 2 N–H and O–H groups in total. The maximum Gasteiger partial charge on any atom is 0.321 e. The Bertz CT molecular complexity index is 594. The molecule has 0 spiro atoms. The topological polar surface area (TPSA) is 128 Å². The molecule has 112 valence electrons. The van der Waals surface area contributed by atoms with Crippen molar-refractivity contribution in [3.8, 4) is 0 Å². The van der Waals surface area contributed by atoms with E-state index >= 15 is 0 Å². The van der Waals surface area contributed by atoms with Crippen LogP contribution in [0.15, 0.2) is 17.6 Å². The summed E-state index contributed by atoms with van der Waals surface area (Å²) in [6.07, 6.45) is 2.09. The summed E-state index contributed by atoms with van der Waals surface area (Å²) >= 11 is 0. The average molecular weight is 305 g/mol. The first-order valence-corrected chi connectivity index (χ1v) is 7.04. The highest BCUT2D eigenvalue weighted by atomic mass is 32.2. The van der Waals surface area contributed by atoms with Crippen molar-refractivity contribution in [3.63, 3.8) is 0 Å². The molecule has 1 rings (SSSR count). The van der Waals surface area contributed by atoms with Gasteiger partial charge in [-0.05, 0) is 6.42 Å². The van der Waals surface area contributed by atoms with E-state index in [2.05, 4.69) is 9.72 Å². The fourth-order valence-electron chi connectivity index (χ4n) is 1.37. The minimum absolute atomic E-state index is 0.210. The number of rotatable bonds is 7. The maximum absolute atomic E-state index is 11.9. The molecule has 1 atom stereocenters. The number of aromatic nitrogens is 2. The highest BCUT2D eigenvalue weighted by Crippen LogP contribution is 2.08. The molecule has 0 aliphatic carbocycles. The number of carbonyl (C=O) groups is 2. The molecule has 0 aromatic carbocycles. The second kappa shape index (κ2) is 6.48. The Morgan fingerprint density at radius 2 is 2.20 bits per heavy atom. The van der Waals surface area contributed by atoms with Gasteiger partial charge < -0.3 is 14.4 Å². The number of carboxylic acid groups (broad SMARTS) is 1. The van der Waals surface area contributed by atoms with Gasteiger partial charge in [0, 0.05) is 19.7 Å². The number of nitrogens with one attached hydrogen (secondary N) is 1. The number of hydrogen-bond donors (Lipinski definition) is 2. The molecule has 0 aliphatic rings. The SMILES string of the molecule is COC(=O)CCC(NS(=O)(=O)c1cn(C)cn1)C(=O)O. The van der Waals surface area contributed by atoms with Crippen molar-refractivity contribution in [2.45, 2.75) is 23.9 Å². The van der Waals surface area contributed by atoms with Crippen molar-refractivity contribution >= 4 is 22.0 Å². The lowest BCUT2D eigenvalue weighted by Crippen LogP contribution is -2.41. The third-order valence-corrected chi connectivity index (χ3v) is 3.77. The quantitative estimate of drug-likeness (QED) is 0.625. The van der Waals surface area contributed by atoms with E-state index in [4.69, 9.17) is 5.11 Å². The van der Waals surface area contributed by atoms with Crippen LogP contribution in [0.2, 0.25) is 0 Å². The molecule has 0 amide bonds. The Balaban J connectivity index is 2.80. The van der Waals surface area contributed by atoms with E-state index < -0.39 is 28.0 Å². The van der Waals surface area contributed by atoms with Crippen LogP contribution in [0.4, 0.5) is 0 Å². The number of hydrogen-bond acceptors (Lipinski definition) is 6. The van der Waals surface area contributed by atoms with Crippen molar-refractivity contribution in [1.29, 1.82) is 0 Å². The maximum atomic E-state index is 11.9. The fourth-order valence-corrected chi connectivity index (χ4v) is 2.58. The highest BCUT2D eigenvalue weighted by molar-refractivity contribution is 7.89. The van der Waals surface area contributed by atoms with Gasteiger partial charge in [0.1, 0.15) is 6.04 Å². The Labute approximate surface area is 115 Å². The second-order valence-corrected chi connectivity index (χ2v) is 5.67. The largest absolute Gasteiger partial charge is 0.480 e. The monoisotopic (exact) mass is 305 g/mol. The fraction of sp³-hybridized carbons (Fsp3) is 0.500. The zero-order chi connectivity index (χ0) is 15.3. The normalized spacial score (nSPS) is 12.9. The van der Waals surface area contributed by atoms with Gasteiger partial charge in [-0.2, -0.15) is 4.72 Å². The molecule has 0 saturated heterocycles. The molecule has 0 radical (unpaired) electrons. The number of aryl methyl sites for hydroxylation is 1. The van der Waals surface area contributed by atoms with E-state index in [1.165, 1.54) is 17.1 Å². The molecule has 1 aromatic rings. The van der Waals surface area contributed by atoms with Gasteiger partial charge in [-0.3, -0.25) is 9.59 Å². The van der Waals surface area contributed by atoms with E-state index in [1.54, 1.807) is 7.05 Å². The standard InChI is InChI=1S/C10H15N3O6S/c1-13-5-8(11-6-13)20(17,18)12-7(10(15)16)3-4-9(14)19-2/h5-7,12H,3-4H2,1-2H3,(H,15,16). The molecule has 10 heteroatoms. The van der Waals surface area contributed by atoms with E-state index in [1.807, 2.05) is 4.72 Å². The smallest absolute Gasteiger partial charge is 0.321 e. The number of aliphatic carboxylic acids is 1. The summed E-state index contributed by atoms with van der Waals surface area (Å²) in [4.78, 5) is 25.6. The summed E-state index contributed by atoms with van der Waals surface area (Å²) in [6.45, 7) is 0. The minimum atomic E-state index is -4.05. The van der Waals surface area contributed by atoms with E-state index in [9.17, 15) is 18.0 Å². The van der Waals surface area contributed by atoms with E-state index in [0.717, 1.165) is 7.11 Å². The summed E-state index contributed by atoms with van der Waals surface area (Å²) < 4.78 is 31.6. The molecular weight excluding hydrogens is 290 g/mol. The summed E-state index contributed by atoms with van der Waals surface area (Å²) in [5.74, 6) is -2.00. The first kappa shape index (κ1) is 16.1. The van der Waals surface area contributed by atoms with Crippen LogP contribution in [0.5, 0.6) is 0 Å². The van der Waals surface area contributed by atoms with Crippen LogP contribution < -0.4 is 4.72 Å². The van der Waals surface area contributed by atoms with E-state index in [-0.39, 0.29) is 17.9 Å². The van der Waals surface area contributed by atoms with Gasteiger partial charge in [0.15, 0.2) is 5.03 Å². The van der Waals surface area contributed by atoms with Gasteiger partial charge in [-0.25, -0.2) is 13.4 Å². The Morgan fingerprint density at radius 1 is 1.55 bits per heavy atom. The number of carboxylic acids is 1. The van der Waals surface area contributed by atoms with Gasteiger partial charge in [0.2, 0.25) is 0 Å². The van der Waals surface area contributed by atoms with Crippen LogP contribution in [-0.4, -0.2) is 48.2 Å². The van der Waals surface area contributed by atoms with Crippen LogP contribution >= 0.6 is 0 Å². The third kappa shape index (κ3) is 4.31. The van der Waals surface area contributed by atoms with Crippen molar-refractivity contribution in [2.75, 3.05) is 7.11 Å². The lowest BCUT2D eigenvalue weighted by molar-refractivity contribution is -0.142. The molecule has 1 aromatic heterocycles. The van der Waals surface area contributed by atoms with Crippen LogP contribution in [-0.2, 0) is 31.4 Å². The summed E-state index contributed by atoms with van der Waals surface area (Å²) in [7, 11) is -1.31. The molecule has 1 unspecified atom stereocenters. The van der Waals surface area contributed by atoms with Gasteiger partial charge in [0.25, 0.3) is 10.0 Å². The van der Waals surface area contributed by atoms with Crippen LogP contribution in [0.1, 0.15) is 12.8 Å². The number of sulfonamides is 1. The number of nitrogens with zero attached hydrogens (tertiary/aromatic N) is 2. The predicted octanol–water partition coefficient (Wildman–Crippen LogP) is -0.895. The van der Waals surface area contributed by atoms with Gasteiger partial charge in [-0.15, -0.1) is 0 Å². The first-order chi connectivity index (χ1) is 9.26. The number of methoxy groups -OCH3 is 1. The third-order valence-electron chi connectivity index (χ3n) is 2.42. The lowest BCUT2D eigenvalue weighted by atomic mass is 10.2. The van der Waals surface area contributed by atoms with Crippen LogP contribution in [0.3, 0.4) is 0 Å². The first-order valence-electron chi connectivity index (χ1n) is 5.56.